The van der Waals surface area contributed by atoms with Crippen LogP contribution in [0, 0.1) is 0 Å². The molecule has 22 heavy (non-hydrogen) atoms. The maximum absolute atomic E-state index is 11.9. The molecule has 0 amide bonds. The molecule has 0 bridgehead atoms. The van der Waals surface area contributed by atoms with Crippen LogP contribution < -0.4 is 14.2 Å². The van der Waals surface area contributed by atoms with Crippen LogP contribution in [0.2, 0.25) is 0 Å². The molecule has 1 heterocycles. The molecule has 1 aromatic heterocycles. The third kappa shape index (κ3) is 4.70. The van der Waals surface area contributed by atoms with Crippen LogP contribution in [0.3, 0.4) is 0 Å². The Hall–Kier alpha value is -1.61. The number of aliphatic hydroxyl groups excluding tert-OH is 1. The van der Waals surface area contributed by atoms with Gasteiger partial charge in [-0.3, -0.25) is 0 Å². The van der Waals surface area contributed by atoms with Gasteiger partial charge in [0.15, 0.2) is 0 Å². The summed E-state index contributed by atoms with van der Waals surface area (Å²) >= 11 is 1.12. The van der Waals surface area contributed by atoms with Crippen molar-refractivity contribution in [3.63, 3.8) is 0 Å². The molecule has 0 fully saturated rings. The molecule has 0 unspecified atom stereocenters. The average Bonchev–Trinajstić information content (AvgIpc) is 3.07. The van der Waals surface area contributed by atoms with E-state index in [2.05, 4.69) is 4.72 Å². The highest BCUT2D eigenvalue weighted by Crippen LogP contribution is 2.17. The number of aliphatic hydroxyl groups is 1. The molecule has 0 aliphatic rings. The van der Waals surface area contributed by atoms with E-state index in [1.165, 1.54) is 6.07 Å². The first kappa shape index (κ1) is 16.8. The summed E-state index contributed by atoms with van der Waals surface area (Å²) in [7, 11) is -2.00. The lowest BCUT2D eigenvalue weighted by molar-refractivity contribution is 0.111. The van der Waals surface area contributed by atoms with E-state index >= 15 is 0 Å². The second kappa shape index (κ2) is 7.59. The Morgan fingerprint density at radius 1 is 1.23 bits per heavy atom. The van der Waals surface area contributed by atoms with Gasteiger partial charge in [-0.25, -0.2) is 13.1 Å². The van der Waals surface area contributed by atoms with Crippen molar-refractivity contribution < 1.29 is 23.0 Å². The number of methoxy groups -OCH3 is 1. The van der Waals surface area contributed by atoms with Gasteiger partial charge in [-0.2, -0.15) is 0 Å². The van der Waals surface area contributed by atoms with Gasteiger partial charge in [0.2, 0.25) is 10.0 Å². The average molecular weight is 343 g/mol. The smallest absolute Gasteiger partial charge is 0.250 e. The third-order valence-corrected chi connectivity index (χ3v) is 5.59. The van der Waals surface area contributed by atoms with E-state index in [-0.39, 0.29) is 17.4 Å². The van der Waals surface area contributed by atoms with Crippen LogP contribution in [0.25, 0.3) is 0 Å². The Morgan fingerprint density at radius 3 is 2.50 bits per heavy atom. The van der Waals surface area contributed by atoms with Crippen molar-refractivity contribution in [3.05, 3.63) is 41.8 Å². The topological polar surface area (TPSA) is 84.9 Å². The van der Waals surface area contributed by atoms with E-state index in [1.54, 1.807) is 42.8 Å². The monoisotopic (exact) mass is 343 g/mol. The van der Waals surface area contributed by atoms with E-state index in [0.717, 1.165) is 11.3 Å². The second-order valence-electron chi connectivity index (χ2n) is 4.42. The zero-order valence-electron chi connectivity index (χ0n) is 11.9. The molecule has 0 radical (unpaired) electrons. The lowest BCUT2D eigenvalue weighted by Crippen LogP contribution is -2.35. The standard InChI is InChI=1S/C14H17NO5S2/c1-19-12-4-6-13(7-5-12)20-10-11(16)9-15-22(17,18)14-3-2-8-21-14/h2-8,11,15-16H,9-10H2,1H3/t11-/m0/s1. The van der Waals surface area contributed by atoms with Crippen molar-refractivity contribution in [1.82, 2.24) is 4.72 Å². The van der Waals surface area contributed by atoms with Crippen LogP contribution >= 0.6 is 11.3 Å². The first-order valence-corrected chi connectivity index (χ1v) is 8.85. The fraction of sp³-hybridized carbons (Fsp3) is 0.286. The molecule has 0 saturated carbocycles. The predicted octanol–water partition coefficient (Wildman–Crippen LogP) is 1.47. The van der Waals surface area contributed by atoms with Crippen LogP contribution in [0.4, 0.5) is 0 Å². The van der Waals surface area contributed by atoms with Crippen molar-refractivity contribution in [2.45, 2.75) is 10.3 Å². The van der Waals surface area contributed by atoms with Crippen molar-refractivity contribution in [3.8, 4) is 11.5 Å². The molecule has 0 saturated heterocycles. The van der Waals surface area contributed by atoms with Crippen LogP contribution in [-0.4, -0.2) is 39.9 Å². The van der Waals surface area contributed by atoms with Gasteiger partial charge < -0.3 is 14.6 Å². The Balaban J connectivity index is 1.79. The SMILES string of the molecule is COc1ccc(OC[C@@H](O)CNS(=O)(=O)c2cccs2)cc1. The van der Waals surface area contributed by atoms with Gasteiger partial charge in [0.05, 0.1) is 7.11 Å². The number of benzene rings is 1. The highest BCUT2D eigenvalue weighted by molar-refractivity contribution is 7.91. The summed E-state index contributed by atoms with van der Waals surface area (Å²) in [6, 6.07) is 10.1. The quantitative estimate of drug-likeness (QED) is 0.758. The Labute approximate surface area is 133 Å². The minimum absolute atomic E-state index is 0.0146. The van der Waals surface area contributed by atoms with Gasteiger partial charge in [0, 0.05) is 6.54 Å². The summed E-state index contributed by atoms with van der Waals surface area (Å²) in [5.74, 6) is 1.28. The Morgan fingerprint density at radius 2 is 1.91 bits per heavy atom. The number of rotatable bonds is 8. The maximum Gasteiger partial charge on any atom is 0.250 e. The lowest BCUT2D eigenvalue weighted by Gasteiger charge is -2.13. The molecule has 0 spiro atoms. The van der Waals surface area contributed by atoms with Crippen LogP contribution in [0.5, 0.6) is 11.5 Å². The highest BCUT2D eigenvalue weighted by atomic mass is 32.2. The normalized spacial score (nSPS) is 12.8. The van der Waals surface area contributed by atoms with Crippen LogP contribution in [-0.2, 0) is 10.0 Å². The zero-order chi connectivity index (χ0) is 16.0. The Kier molecular flexibility index (Phi) is 5.78. The van der Waals surface area contributed by atoms with E-state index in [0.29, 0.717) is 11.5 Å². The van der Waals surface area contributed by atoms with Gasteiger partial charge in [-0.1, -0.05) is 6.07 Å². The first-order valence-electron chi connectivity index (χ1n) is 6.49. The lowest BCUT2D eigenvalue weighted by atomic mass is 10.3. The van der Waals surface area contributed by atoms with Crippen LogP contribution in [0.15, 0.2) is 46.0 Å². The number of sulfonamides is 1. The van der Waals surface area contributed by atoms with Gasteiger partial charge in [-0.05, 0) is 35.7 Å². The number of nitrogens with one attached hydrogen (secondary N) is 1. The van der Waals surface area contributed by atoms with Gasteiger partial charge in [0.1, 0.15) is 28.4 Å². The second-order valence-corrected chi connectivity index (χ2v) is 7.37. The summed E-state index contributed by atoms with van der Waals surface area (Å²) in [5, 5.41) is 11.5. The Bertz CT molecular complexity index is 668. The first-order chi connectivity index (χ1) is 10.5. The van der Waals surface area contributed by atoms with E-state index in [1.807, 2.05) is 0 Å². The summed E-state index contributed by atoms with van der Waals surface area (Å²) < 4.78 is 36.7. The van der Waals surface area contributed by atoms with Crippen molar-refractivity contribution in [2.75, 3.05) is 20.3 Å². The van der Waals surface area contributed by atoms with Gasteiger partial charge >= 0.3 is 0 Å². The molecule has 1 aromatic carbocycles. The molecule has 2 aromatic rings. The molecule has 1 atom stereocenters. The minimum Gasteiger partial charge on any atom is -0.497 e. The number of hydrogen-bond acceptors (Lipinski definition) is 6. The van der Waals surface area contributed by atoms with Crippen LogP contribution in [0.1, 0.15) is 0 Å². The number of hydrogen-bond donors (Lipinski definition) is 2. The largest absolute Gasteiger partial charge is 0.497 e. The maximum atomic E-state index is 11.9. The molecule has 8 heteroatoms. The zero-order valence-corrected chi connectivity index (χ0v) is 13.6. The number of ether oxygens (including phenoxy) is 2. The third-order valence-electron chi connectivity index (χ3n) is 2.77. The van der Waals surface area contributed by atoms with E-state index < -0.39 is 16.1 Å². The molecular formula is C14H17NO5S2. The molecule has 6 nitrogen and oxygen atoms in total. The summed E-state index contributed by atoms with van der Waals surface area (Å²) in [4.78, 5) is 0. The molecule has 2 rings (SSSR count). The molecule has 0 aliphatic carbocycles. The molecular weight excluding hydrogens is 326 g/mol. The predicted molar refractivity (Wildman–Crippen MR) is 84.0 cm³/mol. The van der Waals surface area contributed by atoms with E-state index in [4.69, 9.17) is 9.47 Å². The summed E-state index contributed by atoms with van der Waals surface area (Å²) in [5.41, 5.74) is 0. The minimum atomic E-state index is -3.57. The molecule has 0 aliphatic heterocycles. The van der Waals surface area contributed by atoms with E-state index in [9.17, 15) is 13.5 Å². The summed E-state index contributed by atoms with van der Waals surface area (Å²) in [6.07, 6.45) is -0.947. The number of thiophene rings is 1. The van der Waals surface area contributed by atoms with Crippen molar-refractivity contribution >= 4 is 21.4 Å². The molecule has 2 N–H and O–H groups in total. The van der Waals surface area contributed by atoms with Crippen molar-refractivity contribution in [1.29, 1.82) is 0 Å². The molecule has 120 valence electrons. The fourth-order valence-corrected chi connectivity index (χ4v) is 3.73. The highest BCUT2D eigenvalue weighted by Gasteiger charge is 2.16. The fourth-order valence-electron chi connectivity index (χ4n) is 1.62. The summed E-state index contributed by atoms with van der Waals surface area (Å²) in [6.45, 7) is -0.129. The van der Waals surface area contributed by atoms with Gasteiger partial charge in [-0.15, -0.1) is 11.3 Å². The van der Waals surface area contributed by atoms with Crippen molar-refractivity contribution in [2.24, 2.45) is 0 Å². The van der Waals surface area contributed by atoms with Gasteiger partial charge in [0.25, 0.3) is 0 Å².